The summed E-state index contributed by atoms with van der Waals surface area (Å²) in [6.07, 6.45) is 1.31. The molecular weight excluding hydrogens is 282 g/mol. The Morgan fingerprint density at radius 3 is 2.77 bits per heavy atom. The fourth-order valence-corrected chi connectivity index (χ4v) is 2.24. The number of para-hydroxylation sites is 1. The maximum atomic E-state index is 12.2. The molecule has 1 aliphatic rings. The number of hydrogen-bond donors (Lipinski definition) is 3. The molecule has 3 N–H and O–H groups in total. The van der Waals surface area contributed by atoms with Gasteiger partial charge in [-0.3, -0.25) is 14.4 Å². The molecule has 6 nitrogen and oxygen atoms in total. The van der Waals surface area contributed by atoms with Gasteiger partial charge in [-0.05, 0) is 31.9 Å². The number of fused-ring (bicyclic) bond motifs is 1. The third kappa shape index (κ3) is 3.84. The second-order valence-electron chi connectivity index (χ2n) is 5.48. The molecule has 1 aromatic carbocycles. The lowest BCUT2D eigenvalue weighted by molar-refractivity contribution is -0.122. The maximum absolute atomic E-state index is 12.2. The largest absolute Gasteiger partial charge is 0.354 e. The van der Waals surface area contributed by atoms with Crippen LogP contribution < -0.4 is 16.0 Å². The summed E-state index contributed by atoms with van der Waals surface area (Å²) in [6.45, 7) is 3.91. The van der Waals surface area contributed by atoms with Crippen molar-refractivity contribution in [2.24, 2.45) is 0 Å². The lowest BCUT2D eigenvalue weighted by Gasteiger charge is -2.15. The van der Waals surface area contributed by atoms with Gasteiger partial charge in [0, 0.05) is 12.5 Å². The number of carbonyl (C=O) groups excluding carboxylic acids is 3. The van der Waals surface area contributed by atoms with E-state index in [0.717, 1.165) is 6.42 Å². The van der Waals surface area contributed by atoms with Crippen molar-refractivity contribution in [1.29, 1.82) is 0 Å². The summed E-state index contributed by atoms with van der Waals surface area (Å²) in [4.78, 5) is 36.1. The summed E-state index contributed by atoms with van der Waals surface area (Å²) in [6, 6.07) is 6.24. The van der Waals surface area contributed by atoms with E-state index in [1.807, 2.05) is 13.8 Å². The number of carbonyl (C=O) groups is 3. The van der Waals surface area contributed by atoms with E-state index in [9.17, 15) is 14.4 Å². The lowest BCUT2D eigenvalue weighted by Crippen LogP contribution is -2.42. The van der Waals surface area contributed by atoms with Crippen molar-refractivity contribution >= 4 is 23.4 Å². The van der Waals surface area contributed by atoms with E-state index < -0.39 is 6.04 Å². The van der Waals surface area contributed by atoms with Crippen LogP contribution in [0.25, 0.3) is 0 Å². The van der Waals surface area contributed by atoms with Gasteiger partial charge in [0.15, 0.2) is 0 Å². The number of benzene rings is 1. The van der Waals surface area contributed by atoms with Crippen LogP contribution in [0.4, 0.5) is 5.69 Å². The molecule has 118 valence electrons. The Kier molecular flexibility index (Phi) is 5.14. The summed E-state index contributed by atoms with van der Waals surface area (Å²) >= 11 is 0. The van der Waals surface area contributed by atoms with Gasteiger partial charge in [-0.1, -0.05) is 19.1 Å². The van der Waals surface area contributed by atoms with Crippen LogP contribution in [0.3, 0.4) is 0 Å². The molecule has 2 unspecified atom stereocenters. The van der Waals surface area contributed by atoms with Crippen molar-refractivity contribution in [2.45, 2.75) is 45.2 Å². The molecule has 3 amide bonds. The Morgan fingerprint density at radius 2 is 2.05 bits per heavy atom. The molecule has 6 heteroatoms. The maximum Gasteiger partial charge on any atom is 0.254 e. The highest BCUT2D eigenvalue weighted by atomic mass is 16.2. The fourth-order valence-electron chi connectivity index (χ4n) is 2.24. The molecule has 0 spiro atoms. The molecular formula is C16H21N3O3. The Bertz CT molecular complexity index is 586. The highest BCUT2D eigenvalue weighted by Gasteiger charge is 2.27. The number of anilines is 1. The highest BCUT2D eigenvalue weighted by molar-refractivity contribution is 6.09. The van der Waals surface area contributed by atoms with Crippen LogP contribution in [0.1, 0.15) is 43.5 Å². The first-order valence-electron chi connectivity index (χ1n) is 7.51. The molecule has 0 aromatic heterocycles. The minimum Gasteiger partial charge on any atom is -0.354 e. The fraction of sp³-hybridized carbons (Fsp3) is 0.438. The molecule has 1 aliphatic heterocycles. The summed E-state index contributed by atoms with van der Waals surface area (Å²) in [5, 5.41) is 8.25. The smallest absolute Gasteiger partial charge is 0.254 e. The predicted octanol–water partition coefficient (Wildman–Crippen LogP) is 1.43. The molecule has 0 saturated heterocycles. The first-order valence-corrected chi connectivity index (χ1v) is 7.51. The SMILES string of the molecule is CCC(C)NC(=O)CCC1NC(=O)c2ccccc2NC1=O. The van der Waals surface area contributed by atoms with Gasteiger partial charge in [-0.2, -0.15) is 0 Å². The van der Waals surface area contributed by atoms with Gasteiger partial charge in [0.2, 0.25) is 11.8 Å². The monoisotopic (exact) mass is 303 g/mol. The van der Waals surface area contributed by atoms with E-state index in [4.69, 9.17) is 0 Å². The highest BCUT2D eigenvalue weighted by Crippen LogP contribution is 2.19. The predicted molar refractivity (Wildman–Crippen MR) is 83.5 cm³/mol. The molecule has 0 bridgehead atoms. The van der Waals surface area contributed by atoms with Crippen molar-refractivity contribution in [3.8, 4) is 0 Å². The molecule has 2 atom stereocenters. The molecule has 1 heterocycles. The third-order valence-corrected chi connectivity index (χ3v) is 3.73. The average Bonchev–Trinajstić information content (AvgIpc) is 2.62. The number of nitrogens with one attached hydrogen (secondary N) is 3. The Morgan fingerprint density at radius 1 is 1.32 bits per heavy atom. The summed E-state index contributed by atoms with van der Waals surface area (Å²) in [5.41, 5.74) is 0.930. The van der Waals surface area contributed by atoms with Gasteiger partial charge in [-0.25, -0.2) is 0 Å². The van der Waals surface area contributed by atoms with Crippen LogP contribution in [0, 0.1) is 0 Å². The summed E-state index contributed by atoms with van der Waals surface area (Å²) in [5.74, 6) is -0.714. The van der Waals surface area contributed by atoms with Crippen molar-refractivity contribution in [2.75, 3.05) is 5.32 Å². The van der Waals surface area contributed by atoms with Crippen molar-refractivity contribution in [1.82, 2.24) is 10.6 Å². The first kappa shape index (κ1) is 16.0. The zero-order chi connectivity index (χ0) is 16.1. The van der Waals surface area contributed by atoms with Crippen molar-refractivity contribution < 1.29 is 14.4 Å². The minimum atomic E-state index is -0.706. The van der Waals surface area contributed by atoms with Gasteiger partial charge < -0.3 is 16.0 Å². The van der Waals surface area contributed by atoms with Crippen LogP contribution in [-0.4, -0.2) is 29.8 Å². The van der Waals surface area contributed by atoms with Crippen LogP contribution in [0.2, 0.25) is 0 Å². The Labute approximate surface area is 129 Å². The van der Waals surface area contributed by atoms with E-state index in [1.165, 1.54) is 0 Å². The number of hydrogen-bond acceptors (Lipinski definition) is 3. The van der Waals surface area contributed by atoms with E-state index in [1.54, 1.807) is 24.3 Å². The molecule has 22 heavy (non-hydrogen) atoms. The molecule has 2 rings (SSSR count). The van der Waals surface area contributed by atoms with Crippen molar-refractivity contribution in [3.05, 3.63) is 29.8 Å². The van der Waals surface area contributed by atoms with E-state index in [2.05, 4.69) is 16.0 Å². The van der Waals surface area contributed by atoms with Crippen LogP contribution in [0.5, 0.6) is 0 Å². The molecule has 0 saturated carbocycles. The zero-order valence-corrected chi connectivity index (χ0v) is 12.8. The number of rotatable bonds is 5. The molecule has 0 radical (unpaired) electrons. The zero-order valence-electron chi connectivity index (χ0n) is 12.8. The van der Waals surface area contributed by atoms with Gasteiger partial charge in [0.25, 0.3) is 5.91 Å². The molecule has 0 fully saturated rings. The Balaban J connectivity index is 1.98. The quantitative estimate of drug-likeness (QED) is 0.769. The van der Waals surface area contributed by atoms with E-state index in [0.29, 0.717) is 11.3 Å². The van der Waals surface area contributed by atoms with E-state index in [-0.39, 0.29) is 36.6 Å². The summed E-state index contributed by atoms with van der Waals surface area (Å²) in [7, 11) is 0. The summed E-state index contributed by atoms with van der Waals surface area (Å²) < 4.78 is 0. The van der Waals surface area contributed by atoms with Gasteiger partial charge in [0.1, 0.15) is 6.04 Å². The number of amides is 3. The van der Waals surface area contributed by atoms with Gasteiger partial charge >= 0.3 is 0 Å². The van der Waals surface area contributed by atoms with E-state index >= 15 is 0 Å². The normalized spacial score (nSPS) is 18.5. The topological polar surface area (TPSA) is 87.3 Å². The Hall–Kier alpha value is -2.37. The standard InChI is InChI=1S/C16H21N3O3/c1-3-10(2)17-14(20)9-8-13-16(22)18-12-7-5-4-6-11(12)15(21)19-13/h4-7,10,13H,3,8-9H2,1-2H3,(H,17,20)(H,18,22)(H,19,21). The second-order valence-corrected chi connectivity index (χ2v) is 5.48. The van der Waals surface area contributed by atoms with Crippen LogP contribution in [-0.2, 0) is 9.59 Å². The third-order valence-electron chi connectivity index (χ3n) is 3.73. The lowest BCUT2D eigenvalue weighted by atomic mass is 10.1. The van der Waals surface area contributed by atoms with Gasteiger partial charge in [-0.15, -0.1) is 0 Å². The first-order chi connectivity index (χ1) is 10.5. The minimum absolute atomic E-state index is 0.106. The molecule has 0 aliphatic carbocycles. The average molecular weight is 303 g/mol. The van der Waals surface area contributed by atoms with Crippen LogP contribution in [0.15, 0.2) is 24.3 Å². The van der Waals surface area contributed by atoms with Crippen molar-refractivity contribution in [3.63, 3.8) is 0 Å². The molecule has 1 aromatic rings. The van der Waals surface area contributed by atoms with Gasteiger partial charge in [0.05, 0.1) is 11.3 Å². The van der Waals surface area contributed by atoms with Crippen LogP contribution >= 0.6 is 0 Å². The second kappa shape index (κ2) is 7.06.